The third-order valence-corrected chi connectivity index (χ3v) is 4.87. The van der Waals surface area contributed by atoms with Crippen LogP contribution in [-0.2, 0) is 16.0 Å². The average molecular weight is 323 g/mol. The fraction of sp³-hybridized carbons (Fsp3) is 0.400. The normalized spacial score (nSPS) is 29.4. The molecule has 1 saturated heterocycles. The highest BCUT2D eigenvalue weighted by molar-refractivity contribution is 9.10. The fourth-order valence-corrected chi connectivity index (χ4v) is 3.71. The zero-order chi connectivity index (χ0) is 13.6. The maximum Gasteiger partial charge on any atom is 0.313 e. The van der Waals surface area contributed by atoms with Gasteiger partial charge in [0.2, 0.25) is 0 Å². The highest BCUT2D eigenvalue weighted by Gasteiger charge is 2.55. The van der Waals surface area contributed by atoms with E-state index in [1.165, 1.54) is 0 Å². The fourth-order valence-electron chi connectivity index (χ4n) is 3.29. The molecule has 0 spiro atoms. The first-order valence-corrected chi connectivity index (χ1v) is 7.12. The number of benzene rings is 1. The van der Waals surface area contributed by atoms with Gasteiger partial charge in [-0.1, -0.05) is 18.2 Å². The summed E-state index contributed by atoms with van der Waals surface area (Å²) in [6.07, 6.45) is 2.24. The molecule has 2 unspecified atom stereocenters. The van der Waals surface area contributed by atoms with Crippen molar-refractivity contribution in [3.8, 4) is 5.75 Å². The van der Waals surface area contributed by atoms with Crippen LogP contribution in [0.4, 0.5) is 0 Å². The van der Waals surface area contributed by atoms with E-state index < -0.39 is 5.41 Å². The second-order valence-electron chi connectivity index (χ2n) is 5.54. The van der Waals surface area contributed by atoms with Gasteiger partial charge in [-0.2, -0.15) is 0 Å². The Balaban J connectivity index is 1.93. The number of rotatable bonds is 2. The Kier molecular flexibility index (Phi) is 2.93. The molecule has 4 heteroatoms. The number of carbonyl (C=O) groups excluding carboxylic acids is 1. The van der Waals surface area contributed by atoms with Gasteiger partial charge in [0.1, 0.15) is 5.75 Å². The van der Waals surface area contributed by atoms with E-state index >= 15 is 0 Å². The molecule has 1 N–H and O–H groups in total. The summed E-state index contributed by atoms with van der Waals surface area (Å²) in [4.78, 5) is 12.2. The third kappa shape index (κ3) is 1.98. The van der Waals surface area contributed by atoms with Crippen molar-refractivity contribution < 1.29 is 14.6 Å². The molecule has 0 radical (unpaired) electrons. The smallest absolute Gasteiger partial charge is 0.313 e. The molecule has 2 aliphatic rings. The van der Waals surface area contributed by atoms with E-state index in [1.807, 2.05) is 12.1 Å². The van der Waals surface area contributed by atoms with Crippen molar-refractivity contribution in [2.75, 3.05) is 6.61 Å². The lowest BCUT2D eigenvalue weighted by molar-refractivity contribution is -0.146. The van der Waals surface area contributed by atoms with Crippen LogP contribution in [0.1, 0.15) is 18.4 Å². The minimum atomic E-state index is -0.437. The SMILES string of the molecule is C=C1CC2COC(=O)C2(Cc2ccc(O)c(Br)c2)C1. The number of phenols is 1. The van der Waals surface area contributed by atoms with Crippen molar-refractivity contribution in [2.24, 2.45) is 11.3 Å². The quantitative estimate of drug-likeness (QED) is 0.671. The molecule has 100 valence electrons. The van der Waals surface area contributed by atoms with Crippen molar-refractivity contribution in [2.45, 2.75) is 19.3 Å². The lowest BCUT2D eigenvalue weighted by Gasteiger charge is -2.24. The Bertz CT molecular complexity index is 567. The number of allylic oxidation sites excluding steroid dienone is 1. The molecule has 19 heavy (non-hydrogen) atoms. The second kappa shape index (κ2) is 4.37. The molecule has 1 aliphatic carbocycles. The molecule has 0 aromatic heterocycles. The maximum absolute atomic E-state index is 12.2. The van der Waals surface area contributed by atoms with Crippen molar-refractivity contribution >= 4 is 21.9 Å². The summed E-state index contributed by atoms with van der Waals surface area (Å²) < 4.78 is 5.91. The molecule has 0 amide bonds. The van der Waals surface area contributed by atoms with Gasteiger partial charge in [-0.25, -0.2) is 0 Å². The van der Waals surface area contributed by atoms with Gasteiger partial charge in [0, 0.05) is 5.92 Å². The number of cyclic esters (lactones) is 1. The molecule has 1 aromatic carbocycles. The Morgan fingerprint density at radius 3 is 3.05 bits per heavy atom. The maximum atomic E-state index is 12.2. The Morgan fingerprint density at radius 2 is 2.32 bits per heavy atom. The molecule has 1 aliphatic heterocycles. The van der Waals surface area contributed by atoms with Crippen LogP contribution >= 0.6 is 15.9 Å². The number of carbonyl (C=O) groups is 1. The number of fused-ring (bicyclic) bond motifs is 1. The van der Waals surface area contributed by atoms with Crippen molar-refractivity contribution in [1.29, 1.82) is 0 Å². The summed E-state index contributed by atoms with van der Waals surface area (Å²) in [7, 11) is 0. The van der Waals surface area contributed by atoms with Gasteiger partial charge < -0.3 is 9.84 Å². The minimum Gasteiger partial charge on any atom is -0.507 e. The summed E-state index contributed by atoms with van der Waals surface area (Å²) in [5.41, 5.74) is 1.73. The highest BCUT2D eigenvalue weighted by Crippen LogP contribution is 2.52. The average Bonchev–Trinajstić information content (AvgIpc) is 2.81. The van der Waals surface area contributed by atoms with Crippen molar-refractivity contribution in [1.82, 2.24) is 0 Å². The number of halogens is 1. The monoisotopic (exact) mass is 322 g/mol. The number of hydrogen-bond donors (Lipinski definition) is 1. The number of esters is 1. The molecule has 1 heterocycles. The van der Waals surface area contributed by atoms with Gasteiger partial charge in [-0.05, 0) is 52.9 Å². The van der Waals surface area contributed by atoms with E-state index in [1.54, 1.807) is 6.07 Å². The molecule has 1 saturated carbocycles. The summed E-state index contributed by atoms with van der Waals surface area (Å²) in [5, 5.41) is 9.53. The Labute approximate surface area is 120 Å². The standard InChI is InChI=1S/C15H15BrO3/c1-9-4-11-8-19-14(18)15(11,6-9)7-10-2-3-13(17)12(16)5-10/h2-3,5,11,17H,1,4,6-8H2. The number of phenolic OH excluding ortho intramolecular Hbond substituents is 1. The zero-order valence-corrected chi connectivity index (χ0v) is 12.1. The molecule has 2 fully saturated rings. The summed E-state index contributed by atoms with van der Waals surface area (Å²) in [6.45, 7) is 4.54. The lowest BCUT2D eigenvalue weighted by Crippen LogP contribution is -2.31. The van der Waals surface area contributed by atoms with Gasteiger partial charge in [-0.3, -0.25) is 4.79 Å². The minimum absolute atomic E-state index is 0.0969. The van der Waals surface area contributed by atoms with Crippen LogP contribution < -0.4 is 0 Å². The van der Waals surface area contributed by atoms with Crippen LogP contribution in [0.2, 0.25) is 0 Å². The van der Waals surface area contributed by atoms with E-state index in [2.05, 4.69) is 22.5 Å². The topological polar surface area (TPSA) is 46.5 Å². The van der Waals surface area contributed by atoms with E-state index in [-0.39, 0.29) is 17.6 Å². The van der Waals surface area contributed by atoms with E-state index in [0.717, 1.165) is 24.0 Å². The van der Waals surface area contributed by atoms with E-state index in [4.69, 9.17) is 4.74 Å². The van der Waals surface area contributed by atoms with Crippen LogP contribution in [0.25, 0.3) is 0 Å². The predicted molar refractivity (Wildman–Crippen MR) is 74.8 cm³/mol. The van der Waals surface area contributed by atoms with Gasteiger partial charge in [0.05, 0.1) is 16.5 Å². The van der Waals surface area contributed by atoms with Crippen LogP contribution in [-0.4, -0.2) is 17.7 Å². The van der Waals surface area contributed by atoms with E-state index in [9.17, 15) is 9.90 Å². The molecule has 0 bridgehead atoms. The van der Waals surface area contributed by atoms with Gasteiger partial charge in [-0.15, -0.1) is 0 Å². The van der Waals surface area contributed by atoms with Crippen LogP contribution in [0.3, 0.4) is 0 Å². The molecular formula is C15H15BrO3. The van der Waals surface area contributed by atoms with Crippen molar-refractivity contribution in [3.05, 3.63) is 40.4 Å². The number of aromatic hydroxyl groups is 1. The molecule has 1 aromatic rings. The lowest BCUT2D eigenvalue weighted by atomic mass is 9.75. The first kappa shape index (κ1) is 12.7. The Morgan fingerprint density at radius 1 is 1.53 bits per heavy atom. The summed E-state index contributed by atoms with van der Waals surface area (Å²) in [5.74, 6) is 0.364. The van der Waals surface area contributed by atoms with Crippen LogP contribution in [0.5, 0.6) is 5.75 Å². The largest absolute Gasteiger partial charge is 0.507 e. The number of ether oxygens (including phenoxy) is 1. The zero-order valence-electron chi connectivity index (χ0n) is 10.5. The third-order valence-electron chi connectivity index (χ3n) is 4.24. The van der Waals surface area contributed by atoms with Gasteiger partial charge in [0.15, 0.2) is 0 Å². The first-order chi connectivity index (χ1) is 9.01. The molecule has 2 atom stereocenters. The van der Waals surface area contributed by atoms with Crippen LogP contribution in [0, 0.1) is 11.3 Å². The highest BCUT2D eigenvalue weighted by atomic mass is 79.9. The van der Waals surface area contributed by atoms with Gasteiger partial charge in [0.25, 0.3) is 0 Å². The molecule has 3 nitrogen and oxygen atoms in total. The van der Waals surface area contributed by atoms with Crippen molar-refractivity contribution in [3.63, 3.8) is 0 Å². The predicted octanol–water partition coefficient (Wildman–Crippen LogP) is 3.21. The van der Waals surface area contributed by atoms with Crippen LogP contribution in [0.15, 0.2) is 34.8 Å². The molecule has 3 rings (SSSR count). The Hall–Kier alpha value is -1.29. The molecular weight excluding hydrogens is 308 g/mol. The van der Waals surface area contributed by atoms with E-state index in [0.29, 0.717) is 17.5 Å². The summed E-state index contributed by atoms with van der Waals surface area (Å²) >= 11 is 3.31. The second-order valence-corrected chi connectivity index (χ2v) is 6.40. The first-order valence-electron chi connectivity index (χ1n) is 6.32. The number of hydrogen-bond acceptors (Lipinski definition) is 3. The summed E-state index contributed by atoms with van der Waals surface area (Å²) in [6, 6.07) is 5.38. The van der Waals surface area contributed by atoms with Gasteiger partial charge >= 0.3 is 5.97 Å².